The number of furan rings is 1. The third kappa shape index (κ3) is 5.37. The maximum Gasteiger partial charge on any atom is 0.262 e. The summed E-state index contributed by atoms with van der Waals surface area (Å²) in [6.45, 7) is 0.521. The molecule has 0 bridgehead atoms. The van der Waals surface area contributed by atoms with Crippen LogP contribution in [0, 0.1) is 0 Å². The number of aromatic nitrogens is 2. The van der Waals surface area contributed by atoms with Crippen molar-refractivity contribution in [3.05, 3.63) is 81.5 Å². The number of fused-ring (bicyclic) bond motifs is 1. The molecule has 0 aliphatic heterocycles. The van der Waals surface area contributed by atoms with Gasteiger partial charge in [0.1, 0.15) is 5.76 Å². The van der Waals surface area contributed by atoms with Crippen LogP contribution in [0.15, 0.2) is 69.2 Å². The van der Waals surface area contributed by atoms with E-state index in [2.05, 4.69) is 10.3 Å². The highest BCUT2D eigenvalue weighted by molar-refractivity contribution is 7.99. The van der Waals surface area contributed by atoms with Crippen LogP contribution in [0.3, 0.4) is 0 Å². The van der Waals surface area contributed by atoms with Crippen molar-refractivity contribution >= 4 is 40.2 Å². The quantitative estimate of drug-likeness (QED) is 0.273. The van der Waals surface area contributed by atoms with Crippen molar-refractivity contribution in [2.75, 3.05) is 20.0 Å². The largest absolute Gasteiger partial charge is 0.493 e. The molecule has 0 atom stereocenters. The predicted octanol–water partition coefficient (Wildman–Crippen LogP) is 4.12. The van der Waals surface area contributed by atoms with Crippen LogP contribution < -0.4 is 20.3 Å². The molecule has 4 rings (SSSR count). The summed E-state index contributed by atoms with van der Waals surface area (Å²) in [5.74, 6) is 1.68. The van der Waals surface area contributed by atoms with Crippen molar-refractivity contribution in [2.45, 2.75) is 18.2 Å². The van der Waals surface area contributed by atoms with E-state index in [0.717, 1.165) is 5.56 Å². The van der Waals surface area contributed by atoms with Crippen LogP contribution in [0.1, 0.15) is 11.3 Å². The van der Waals surface area contributed by atoms with Gasteiger partial charge in [-0.15, -0.1) is 0 Å². The molecule has 0 saturated carbocycles. The molecule has 2 heterocycles. The summed E-state index contributed by atoms with van der Waals surface area (Å²) in [4.78, 5) is 30.3. The molecule has 8 nitrogen and oxygen atoms in total. The Kier molecular flexibility index (Phi) is 7.44. The number of nitrogens with one attached hydrogen (secondary N) is 1. The van der Waals surface area contributed by atoms with E-state index in [0.29, 0.717) is 44.9 Å². The lowest BCUT2D eigenvalue weighted by Crippen LogP contribution is -2.27. The molecule has 4 aromatic rings. The van der Waals surface area contributed by atoms with Gasteiger partial charge in [0.2, 0.25) is 5.91 Å². The number of halogens is 1. The standard InChI is InChI=1S/C24H22ClN3O5S/c1-31-20-8-5-15(10-21(20)32-2)12-26-22(29)14-34-24-27-19-11-16(25)6-7-18(19)23(30)28(24)13-17-4-3-9-33-17/h3-11H,12-14H2,1-2H3,(H,26,29). The average molecular weight is 500 g/mol. The Morgan fingerprint density at radius 2 is 1.97 bits per heavy atom. The first kappa shape index (κ1) is 23.7. The Labute approximate surface area is 204 Å². The van der Waals surface area contributed by atoms with Crippen LogP contribution in [0.2, 0.25) is 5.02 Å². The van der Waals surface area contributed by atoms with E-state index in [1.165, 1.54) is 16.3 Å². The van der Waals surface area contributed by atoms with Gasteiger partial charge in [-0.3, -0.25) is 14.2 Å². The van der Waals surface area contributed by atoms with E-state index in [1.807, 2.05) is 12.1 Å². The Balaban J connectivity index is 1.50. The normalized spacial score (nSPS) is 10.9. The third-order valence-electron chi connectivity index (χ3n) is 5.05. The van der Waals surface area contributed by atoms with Gasteiger partial charge in [-0.1, -0.05) is 29.4 Å². The smallest absolute Gasteiger partial charge is 0.262 e. The average Bonchev–Trinajstić information content (AvgIpc) is 3.36. The number of carbonyl (C=O) groups is 1. The molecule has 0 aliphatic rings. The van der Waals surface area contributed by atoms with Crippen LogP contribution >= 0.6 is 23.4 Å². The van der Waals surface area contributed by atoms with E-state index in [-0.39, 0.29) is 23.8 Å². The second-order valence-corrected chi connectivity index (χ2v) is 8.66. The topological polar surface area (TPSA) is 95.6 Å². The Morgan fingerprint density at radius 1 is 1.15 bits per heavy atom. The van der Waals surface area contributed by atoms with E-state index >= 15 is 0 Å². The fourth-order valence-electron chi connectivity index (χ4n) is 3.35. The Hall–Kier alpha value is -3.43. The number of hydrogen-bond acceptors (Lipinski definition) is 7. The number of nitrogens with zero attached hydrogens (tertiary/aromatic N) is 2. The molecule has 2 aromatic heterocycles. The number of carbonyl (C=O) groups excluding carboxylic acids is 1. The van der Waals surface area contributed by atoms with Gasteiger partial charge in [0.15, 0.2) is 16.7 Å². The summed E-state index contributed by atoms with van der Waals surface area (Å²) >= 11 is 7.27. The van der Waals surface area contributed by atoms with Gasteiger partial charge in [0.25, 0.3) is 5.56 Å². The highest BCUT2D eigenvalue weighted by atomic mass is 35.5. The van der Waals surface area contributed by atoms with Crippen molar-refractivity contribution in [3.8, 4) is 11.5 Å². The van der Waals surface area contributed by atoms with Crippen LogP contribution in [0.4, 0.5) is 0 Å². The van der Waals surface area contributed by atoms with E-state index in [9.17, 15) is 9.59 Å². The van der Waals surface area contributed by atoms with E-state index in [1.54, 1.807) is 56.9 Å². The number of amides is 1. The van der Waals surface area contributed by atoms with Crippen molar-refractivity contribution in [1.29, 1.82) is 0 Å². The summed E-state index contributed by atoms with van der Waals surface area (Å²) < 4.78 is 17.4. The highest BCUT2D eigenvalue weighted by Crippen LogP contribution is 2.27. The van der Waals surface area contributed by atoms with Crippen LogP contribution in [0.5, 0.6) is 11.5 Å². The first-order valence-corrected chi connectivity index (χ1v) is 11.7. The minimum Gasteiger partial charge on any atom is -0.493 e. The molecule has 1 amide bonds. The Bertz CT molecular complexity index is 1370. The summed E-state index contributed by atoms with van der Waals surface area (Å²) in [5.41, 5.74) is 1.11. The molecule has 1 N–H and O–H groups in total. The zero-order valence-electron chi connectivity index (χ0n) is 18.5. The molecular formula is C24H22ClN3O5S. The molecule has 10 heteroatoms. The number of ether oxygens (including phenoxy) is 2. The van der Waals surface area contributed by atoms with Crippen molar-refractivity contribution in [1.82, 2.24) is 14.9 Å². The second kappa shape index (κ2) is 10.7. The van der Waals surface area contributed by atoms with E-state index in [4.69, 9.17) is 25.5 Å². The lowest BCUT2D eigenvalue weighted by Gasteiger charge is -2.13. The minimum absolute atomic E-state index is 0.0734. The lowest BCUT2D eigenvalue weighted by molar-refractivity contribution is -0.118. The second-order valence-electron chi connectivity index (χ2n) is 7.28. The SMILES string of the molecule is COc1ccc(CNC(=O)CSc2nc3cc(Cl)ccc3c(=O)n2Cc2ccco2)cc1OC. The van der Waals surface area contributed by atoms with Crippen LogP contribution in [-0.4, -0.2) is 35.4 Å². The lowest BCUT2D eigenvalue weighted by atomic mass is 10.2. The number of thioether (sulfide) groups is 1. The van der Waals surface area contributed by atoms with Gasteiger partial charge in [0.05, 0.1) is 43.7 Å². The van der Waals surface area contributed by atoms with Gasteiger partial charge in [-0.25, -0.2) is 4.98 Å². The monoisotopic (exact) mass is 499 g/mol. The van der Waals surface area contributed by atoms with Crippen LogP contribution in [-0.2, 0) is 17.9 Å². The summed E-state index contributed by atoms with van der Waals surface area (Å²) in [6, 6.07) is 13.9. The molecule has 2 aromatic carbocycles. The number of hydrogen-bond donors (Lipinski definition) is 1. The van der Waals surface area contributed by atoms with Crippen molar-refractivity contribution in [3.63, 3.8) is 0 Å². The van der Waals surface area contributed by atoms with Gasteiger partial charge < -0.3 is 19.2 Å². The summed E-state index contributed by atoms with van der Waals surface area (Å²) in [7, 11) is 3.12. The molecule has 0 saturated heterocycles. The first-order valence-electron chi connectivity index (χ1n) is 10.3. The van der Waals surface area contributed by atoms with Crippen molar-refractivity contribution < 1.29 is 18.7 Å². The zero-order chi connectivity index (χ0) is 24.1. The fourth-order valence-corrected chi connectivity index (χ4v) is 4.35. The maximum atomic E-state index is 13.2. The van der Waals surface area contributed by atoms with Gasteiger partial charge >= 0.3 is 0 Å². The summed E-state index contributed by atoms with van der Waals surface area (Å²) in [5, 5.41) is 4.19. The van der Waals surface area contributed by atoms with Gasteiger partial charge in [-0.05, 0) is 48.0 Å². The predicted molar refractivity (Wildman–Crippen MR) is 131 cm³/mol. The van der Waals surface area contributed by atoms with Crippen molar-refractivity contribution in [2.24, 2.45) is 0 Å². The Morgan fingerprint density at radius 3 is 2.71 bits per heavy atom. The number of methoxy groups -OCH3 is 2. The molecule has 176 valence electrons. The zero-order valence-corrected chi connectivity index (χ0v) is 20.1. The number of rotatable bonds is 9. The molecule has 0 fully saturated rings. The molecule has 34 heavy (non-hydrogen) atoms. The first-order chi connectivity index (χ1) is 16.5. The fraction of sp³-hybridized carbons (Fsp3) is 0.208. The molecular weight excluding hydrogens is 478 g/mol. The third-order valence-corrected chi connectivity index (χ3v) is 6.26. The maximum absolute atomic E-state index is 13.2. The van der Waals surface area contributed by atoms with Crippen LogP contribution in [0.25, 0.3) is 10.9 Å². The van der Waals surface area contributed by atoms with E-state index < -0.39 is 0 Å². The summed E-state index contributed by atoms with van der Waals surface area (Å²) in [6.07, 6.45) is 1.54. The molecule has 0 aliphatic carbocycles. The minimum atomic E-state index is -0.230. The van der Waals surface area contributed by atoms with Gasteiger partial charge in [0, 0.05) is 11.6 Å². The molecule has 0 radical (unpaired) electrons. The molecule has 0 spiro atoms. The number of benzene rings is 2. The van der Waals surface area contributed by atoms with Gasteiger partial charge in [-0.2, -0.15) is 0 Å². The molecule has 0 unspecified atom stereocenters. The highest BCUT2D eigenvalue weighted by Gasteiger charge is 2.15.